The lowest BCUT2D eigenvalue weighted by atomic mass is 10.0. The Morgan fingerprint density at radius 1 is 1.25 bits per heavy atom. The van der Waals surface area contributed by atoms with Crippen LogP contribution in [0.25, 0.3) is 0 Å². The molecule has 3 atom stereocenters. The Hall–Kier alpha value is -1.76. The highest BCUT2D eigenvalue weighted by atomic mass is 19.2. The smallest absolute Gasteiger partial charge is 0.411 e. The summed E-state index contributed by atoms with van der Waals surface area (Å²) < 4.78 is 45.6. The summed E-state index contributed by atoms with van der Waals surface area (Å²) in [7, 11) is 0. The summed E-state index contributed by atoms with van der Waals surface area (Å²) in [5.74, 6) is -4.17. The van der Waals surface area contributed by atoms with Crippen LogP contribution in [0.1, 0.15) is 52.1 Å². The van der Waals surface area contributed by atoms with Crippen molar-refractivity contribution in [2.75, 3.05) is 0 Å². The Balaban J connectivity index is 2.39. The fourth-order valence-electron chi connectivity index (χ4n) is 2.98. The summed E-state index contributed by atoms with van der Waals surface area (Å²) in [6.07, 6.45) is -0.680. The Morgan fingerprint density at radius 3 is 2.25 bits per heavy atom. The lowest BCUT2D eigenvalue weighted by Crippen LogP contribution is -2.45. The molecule has 134 valence electrons. The van der Waals surface area contributed by atoms with Gasteiger partial charge in [0, 0.05) is 0 Å². The fourth-order valence-corrected chi connectivity index (χ4v) is 2.98. The number of rotatable bonds is 2. The molecular formula is C17H22F3NO3. The van der Waals surface area contributed by atoms with Crippen molar-refractivity contribution in [2.45, 2.75) is 64.3 Å². The first kappa shape index (κ1) is 18.6. The maximum absolute atomic E-state index is 13.5. The summed E-state index contributed by atoms with van der Waals surface area (Å²) in [5.41, 5.74) is -0.618. The van der Waals surface area contributed by atoms with Gasteiger partial charge in [0.25, 0.3) is 0 Å². The van der Waals surface area contributed by atoms with Gasteiger partial charge in [-0.1, -0.05) is 0 Å². The number of benzene rings is 1. The normalized spacial score (nSPS) is 22.6. The largest absolute Gasteiger partial charge is 0.444 e. The van der Waals surface area contributed by atoms with Crippen molar-refractivity contribution < 1.29 is 27.8 Å². The van der Waals surface area contributed by atoms with Gasteiger partial charge in [0.15, 0.2) is 17.5 Å². The zero-order valence-corrected chi connectivity index (χ0v) is 14.1. The number of carbonyl (C=O) groups is 1. The molecule has 7 heteroatoms. The number of amides is 1. The molecule has 1 aromatic rings. The second kappa shape index (κ2) is 6.63. The third-order valence-electron chi connectivity index (χ3n) is 3.98. The third kappa shape index (κ3) is 3.83. The zero-order valence-electron chi connectivity index (χ0n) is 14.1. The number of ether oxygens (including phenoxy) is 1. The predicted octanol–water partition coefficient (Wildman–Crippen LogP) is 3.93. The monoisotopic (exact) mass is 345 g/mol. The maximum Gasteiger partial charge on any atom is 0.411 e. The first-order chi connectivity index (χ1) is 11.0. The number of aliphatic hydroxyl groups is 1. The summed E-state index contributed by atoms with van der Waals surface area (Å²) in [6, 6.07) is 0.528. The molecule has 1 amide bonds. The number of carbonyl (C=O) groups excluding carboxylic acids is 1. The number of aliphatic hydroxyl groups excluding tert-OH is 1. The minimum Gasteiger partial charge on any atom is -0.444 e. The van der Waals surface area contributed by atoms with Crippen molar-refractivity contribution in [2.24, 2.45) is 0 Å². The topological polar surface area (TPSA) is 49.8 Å². The van der Waals surface area contributed by atoms with Gasteiger partial charge in [0.2, 0.25) is 0 Å². The van der Waals surface area contributed by atoms with Crippen LogP contribution in [0.3, 0.4) is 0 Å². The lowest BCUT2D eigenvalue weighted by Gasteiger charge is -2.34. The van der Waals surface area contributed by atoms with Gasteiger partial charge in [-0.05, 0) is 58.2 Å². The molecule has 4 nitrogen and oxygen atoms in total. The van der Waals surface area contributed by atoms with E-state index < -0.39 is 47.3 Å². The van der Waals surface area contributed by atoms with Crippen LogP contribution in [0.5, 0.6) is 0 Å². The van der Waals surface area contributed by atoms with E-state index in [0.29, 0.717) is 12.8 Å². The highest BCUT2D eigenvalue weighted by Gasteiger charge is 2.42. The number of likely N-dealkylation sites (tertiary alicyclic amines) is 1. The first-order valence-corrected chi connectivity index (χ1v) is 7.85. The van der Waals surface area contributed by atoms with E-state index in [-0.39, 0.29) is 5.56 Å². The lowest BCUT2D eigenvalue weighted by molar-refractivity contribution is -0.00171. The quantitative estimate of drug-likeness (QED) is 0.827. The Kier molecular flexibility index (Phi) is 5.13. The van der Waals surface area contributed by atoms with Gasteiger partial charge < -0.3 is 9.84 Å². The SMILES string of the molecule is C[C@H](O)[C@H]1CCC(c2cc(F)c(F)c(F)c2)N1C(=O)OC(C)(C)C. The van der Waals surface area contributed by atoms with Crippen molar-refractivity contribution in [3.63, 3.8) is 0 Å². The van der Waals surface area contributed by atoms with Gasteiger partial charge in [0.05, 0.1) is 18.2 Å². The maximum atomic E-state index is 13.5. The highest BCUT2D eigenvalue weighted by molar-refractivity contribution is 5.70. The van der Waals surface area contributed by atoms with E-state index in [0.717, 1.165) is 12.1 Å². The van der Waals surface area contributed by atoms with Crippen molar-refractivity contribution in [1.82, 2.24) is 4.90 Å². The van der Waals surface area contributed by atoms with E-state index in [2.05, 4.69) is 0 Å². The Labute approximate surface area is 139 Å². The molecule has 24 heavy (non-hydrogen) atoms. The van der Waals surface area contributed by atoms with Crippen LogP contribution in [0, 0.1) is 17.5 Å². The summed E-state index contributed by atoms with van der Waals surface area (Å²) in [4.78, 5) is 13.8. The van der Waals surface area contributed by atoms with E-state index in [9.17, 15) is 23.1 Å². The molecule has 1 aromatic carbocycles. The number of nitrogens with zero attached hydrogens (tertiary/aromatic N) is 1. The second-order valence-corrected chi connectivity index (χ2v) is 7.09. The van der Waals surface area contributed by atoms with Crippen molar-refractivity contribution in [3.8, 4) is 0 Å². The Bertz CT molecular complexity index is 605. The molecule has 2 rings (SSSR count). The van der Waals surface area contributed by atoms with Crippen molar-refractivity contribution >= 4 is 6.09 Å². The first-order valence-electron chi connectivity index (χ1n) is 7.85. The molecule has 0 aliphatic carbocycles. The Morgan fingerprint density at radius 2 is 1.79 bits per heavy atom. The molecule has 1 fully saturated rings. The third-order valence-corrected chi connectivity index (χ3v) is 3.98. The molecule has 1 saturated heterocycles. The number of hydrogen-bond acceptors (Lipinski definition) is 3. The molecule has 1 aliphatic rings. The van der Waals surface area contributed by atoms with Gasteiger partial charge in [-0.15, -0.1) is 0 Å². The van der Waals surface area contributed by atoms with E-state index in [1.54, 1.807) is 20.8 Å². The summed E-state index contributed by atoms with van der Waals surface area (Å²) in [6.45, 7) is 6.63. The van der Waals surface area contributed by atoms with Crippen molar-refractivity contribution in [3.05, 3.63) is 35.1 Å². The molecule has 0 radical (unpaired) electrons. The standard InChI is InChI=1S/C17H22F3NO3/c1-9(22)13-5-6-14(21(13)16(23)24-17(2,3)4)10-7-11(18)15(20)12(19)8-10/h7-9,13-14,22H,5-6H2,1-4H3/t9-,13+,14?/m0/s1. The van der Waals surface area contributed by atoms with Gasteiger partial charge >= 0.3 is 6.09 Å². The predicted molar refractivity (Wildman–Crippen MR) is 81.8 cm³/mol. The molecular weight excluding hydrogens is 323 g/mol. The minimum atomic E-state index is -1.55. The second-order valence-electron chi connectivity index (χ2n) is 7.09. The van der Waals surface area contributed by atoms with Gasteiger partial charge in [-0.25, -0.2) is 18.0 Å². The average Bonchev–Trinajstić information content (AvgIpc) is 2.87. The number of hydrogen-bond donors (Lipinski definition) is 1. The number of halogens is 3. The minimum absolute atomic E-state index is 0.139. The van der Waals surface area contributed by atoms with Crippen LogP contribution in [-0.4, -0.2) is 33.8 Å². The van der Waals surface area contributed by atoms with Crippen LogP contribution in [0.15, 0.2) is 12.1 Å². The van der Waals surface area contributed by atoms with Gasteiger partial charge in [0.1, 0.15) is 5.60 Å². The molecule has 1 heterocycles. The van der Waals surface area contributed by atoms with E-state index in [4.69, 9.17) is 4.74 Å². The van der Waals surface area contributed by atoms with Crippen LogP contribution >= 0.6 is 0 Å². The van der Waals surface area contributed by atoms with Gasteiger partial charge in [-0.3, -0.25) is 4.90 Å². The van der Waals surface area contributed by atoms with Crippen molar-refractivity contribution in [1.29, 1.82) is 0 Å². The molecule has 1 aliphatic heterocycles. The average molecular weight is 345 g/mol. The van der Waals surface area contributed by atoms with Gasteiger partial charge in [-0.2, -0.15) is 0 Å². The fraction of sp³-hybridized carbons (Fsp3) is 0.588. The molecule has 0 bridgehead atoms. The van der Waals surface area contributed by atoms with Crippen LogP contribution < -0.4 is 0 Å². The molecule has 0 saturated carbocycles. The molecule has 0 spiro atoms. The summed E-state index contributed by atoms with van der Waals surface area (Å²) >= 11 is 0. The van der Waals surface area contributed by atoms with E-state index in [1.165, 1.54) is 11.8 Å². The van der Waals surface area contributed by atoms with E-state index in [1.807, 2.05) is 0 Å². The summed E-state index contributed by atoms with van der Waals surface area (Å²) in [5, 5.41) is 9.93. The van der Waals surface area contributed by atoms with E-state index >= 15 is 0 Å². The molecule has 0 aromatic heterocycles. The van der Waals surface area contributed by atoms with Crippen LogP contribution in [0.4, 0.5) is 18.0 Å². The molecule has 1 unspecified atom stereocenters. The van der Waals surface area contributed by atoms with Crippen LogP contribution in [-0.2, 0) is 4.74 Å². The zero-order chi connectivity index (χ0) is 18.2. The van der Waals surface area contributed by atoms with Crippen LogP contribution in [0.2, 0.25) is 0 Å². The molecule has 1 N–H and O–H groups in total. The highest BCUT2D eigenvalue weighted by Crippen LogP contribution is 2.39.